The number of likely N-dealkylation sites (tertiary alicyclic amines) is 1. The van der Waals surface area contributed by atoms with Crippen molar-refractivity contribution in [3.05, 3.63) is 66.1 Å². The molecule has 0 bridgehead atoms. The van der Waals surface area contributed by atoms with Crippen molar-refractivity contribution in [3.8, 4) is 0 Å². The van der Waals surface area contributed by atoms with E-state index in [4.69, 9.17) is 0 Å². The van der Waals surface area contributed by atoms with Gasteiger partial charge in [0.2, 0.25) is 0 Å². The van der Waals surface area contributed by atoms with Crippen LogP contribution in [0.15, 0.2) is 59.8 Å². The molecule has 1 aliphatic heterocycles. The first kappa shape index (κ1) is 18.1. The molecule has 1 unspecified atom stereocenters. The van der Waals surface area contributed by atoms with Gasteiger partial charge in [0.15, 0.2) is 0 Å². The summed E-state index contributed by atoms with van der Waals surface area (Å²) in [5.41, 5.74) is 2.79. The summed E-state index contributed by atoms with van der Waals surface area (Å²) in [5, 5.41) is 3.29. The lowest BCUT2D eigenvalue weighted by molar-refractivity contribution is 0.0698. The van der Waals surface area contributed by atoms with Gasteiger partial charge in [0.25, 0.3) is 5.91 Å². The number of rotatable bonds is 5. The average Bonchev–Trinajstić information content (AvgIpc) is 3.15. The largest absolute Gasteiger partial charge is 0.337 e. The second kappa shape index (κ2) is 8.15. The van der Waals surface area contributed by atoms with Crippen LogP contribution in [0.3, 0.4) is 0 Å². The van der Waals surface area contributed by atoms with Crippen molar-refractivity contribution in [2.24, 2.45) is 0 Å². The summed E-state index contributed by atoms with van der Waals surface area (Å²) in [6.07, 6.45) is 6.27. The maximum absolute atomic E-state index is 12.7. The van der Waals surface area contributed by atoms with Gasteiger partial charge < -0.3 is 14.6 Å². The molecule has 1 N–H and O–H groups in total. The summed E-state index contributed by atoms with van der Waals surface area (Å²) in [7, 11) is 1.97. The van der Waals surface area contributed by atoms with E-state index in [-0.39, 0.29) is 5.91 Å². The second-order valence-electron chi connectivity index (χ2n) is 6.89. The van der Waals surface area contributed by atoms with Crippen LogP contribution in [0.1, 0.15) is 28.9 Å². The molecule has 0 aliphatic carbocycles. The Morgan fingerprint density at radius 3 is 2.89 bits per heavy atom. The van der Waals surface area contributed by atoms with Gasteiger partial charge in [-0.15, -0.1) is 11.8 Å². The fraction of sp³-hybridized carbons (Fsp3) is 0.333. The smallest absolute Gasteiger partial charge is 0.253 e. The minimum absolute atomic E-state index is 0.131. The number of piperidine rings is 1. The number of thioether (sulfide) groups is 1. The molecule has 27 heavy (non-hydrogen) atoms. The fourth-order valence-corrected chi connectivity index (χ4v) is 4.27. The van der Waals surface area contributed by atoms with E-state index >= 15 is 0 Å². The third-order valence-corrected chi connectivity index (χ3v) is 6.06. The van der Waals surface area contributed by atoms with Gasteiger partial charge in [-0.2, -0.15) is 0 Å². The molecule has 4 rings (SSSR count). The van der Waals surface area contributed by atoms with Crippen LogP contribution in [-0.4, -0.2) is 46.4 Å². The van der Waals surface area contributed by atoms with E-state index in [0.717, 1.165) is 53.5 Å². The van der Waals surface area contributed by atoms with E-state index in [1.165, 1.54) is 0 Å². The highest BCUT2D eigenvalue weighted by molar-refractivity contribution is 7.98. The van der Waals surface area contributed by atoms with E-state index in [0.29, 0.717) is 6.04 Å². The summed E-state index contributed by atoms with van der Waals surface area (Å²) < 4.78 is 2.04. The zero-order valence-corrected chi connectivity index (χ0v) is 16.3. The minimum Gasteiger partial charge on any atom is -0.337 e. The van der Waals surface area contributed by atoms with Gasteiger partial charge in [-0.1, -0.05) is 6.07 Å². The molecule has 140 valence electrons. The first-order valence-electron chi connectivity index (χ1n) is 9.35. The number of aromatic nitrogens is 2. The number of amides is 1. The van der Waals surface area contributed by atoms with Gasteiger partial charge >= 0.3 is 0 Å². The highest BCUT2D eigenvalue weighted by Gasteiger charge is 2.23. The molecular formula is C21H24N4OS. The van der Waals surface area contributed by atoms with E-state index in [9.17, 15) is 4.79 Å². The maximum atomic E-state index is 12.7. The lowest BCUT2D eigenvalue weighted by Gasteiger charge is -2.32. The Balaban J connectivity index is 1.37. The second-order valence-corrected chi connectivity index (χ2v) is 7.94. The van der Waals surface area contributed by atoms with Crippen LogP contribution in [0, 0.1) is 0 Å². The summed E-state index contributed by atoms with van der Waals surface area (Å²) in [6, 6.07) is 14.4. The number of likely N-dealkylation sites (N-methyl/N-ethyl adjacent to an activating group) is 1. The summed E-state index contributed by atoms with van der Waals surface area (Å²) in [5.74, 6) is 0.942. The molecule has 6 heteroatoms. The number of benzene rings is 1. The molecule has 1 aromatic carbocycles. The van der Waals surface area contributed by atoms with Gasteiger partial charge in [-0.3, -0.25) is 4.79 Å². The number of nitrogens with zero attached hydrogens (tertiary/aromatic N) is 3. The predicted molar refractivity (Wildman–Crippen MR) is 109 cm³/mol. The number of pyridine rings is 1. The van der Waals surface area contributed by atoms with Gasteiger partial charge in [-0.05, 0) is 56.3 Å². The molecule has 2 aromatic heterocycles. The number of nitrogens with one attached hydrogen (secondary N) is 1. The molecule has 1 saturated heterocycles. The van der Waals surface area contributed by atoms with Crippen molar-refractivity contribution in [3.63, 3.8) is 0 Å². The van der Waals surface area contributed by atoms with Crippen molar-refractivity contribution < 1.29 is 4.79 Å². The molecule has 1 atom stereocenters. The number of carbonyl (C=O) groups is 1. The molecule has 3 heterocycles. The van der Waals surface area contributed by atoms with Gasteiger partial charge in [0.05, 0.1) is 5.69 Å². The van der Waals surface area contributed by atoms with Crippen LogP contribution in [0.25, 0.3) is 5.65 Å². The van der Waals surface area contributed by atoms with E-state index in [1.807, 2.05) is 65.0 Å². The van der Waals surface area contributed by atoms with E-state index < -0.39 is 0 Å². The highest BCUT2D eigenvalue weighted by atomic mass is 32.2. The van der Waals surface area contributed by atoms with Crippen LogP contribution in [0.2, 0.25) is 0 Å². The van der Waals surface area contributed by atoms with Crippen LogP contribution in [0.5, 0.6) is 0 Å². The Labute approximate surface area is 163 Å². The average molecular weight is 381 g/mol. The third kappa shape index (κ3) is 4.17. The normalized spacial score (nSPS) is 17.4. The predicted octanol–water partition coefficient (Wildman–Crippen LogP) is 3.45. The molecule has 1 fully saturated rings. The lowest BCUT2D eigenvalue weighted by Crippen LogP contribution is -2.46. The number of hydrogen-bond acceptors (Lipinski definition) is 4. The summed E-state index contributed by atoms with van der Waals surface area (Å²) >= 11 is 1.74. The van der Waals surface area contributed by atoms with E-state index in [2.05, 4.69) is 16.5 Å². The van der Waals surface area contributed by atoms with Crippen molar-refractivity contribution in [2.45, 2.75) is 29.5 Å². The monoisotopic (exact) mass is 380 g/mol. The van der Waals surface area contributed by atoms with Crippen molar-refractivity contribution in [1.29, 1.82) is 0 Å². The third-order valence-electron chi connectivity index (χ3n) is 5.02. The minimum atomic E-state index is 0.131. The Morgan fingerprint density at radius 2 is 2.11 bits per heavy atom. The number of imidazole rings is 1. The van der Waals surface area contributed by atoms with Crippen molar-refractivity contribution in [2.75, 3.05) is 20.1 Å². The van der Waals surface area contributed by atoms with Crippen LogP contribution >= 0.6 is 11.8 Å². The van der Waals surface area contributed by atoms with Gasteiger partial charge in [-0.25, -0.2) is 4.98 Å². The molecule has 3 aromatic rings. The summed E-state index contributed by atoms with van der Waals surface area (Å²) in [6.45, 7) is 1.64. The Bertz CT molecular complexity index is 888. The molecule has 1 amide bonds. The Kier molecular flexibility index (Phi) is 5.45. The molecular weight excluding hydrogens is 356 g/mol. The lowest BCUT2D eigenvalue weighted by atomic mass is 10.0. The van der Waals surface area contributed by atoms with Crippen LogP contribution in [0.4, 0.5) is 0 Å². The van der Waals surface area contributed by atoms with Gasteiger partial charge in [0.1, 0.15) is 5.65 Å². The molecule has 0 spiro atoms. The standard InChI is InChI=1S/C21H24N4OS/c1-22-17-5-4-12-25(13-17)21(26)16-7-9-19(10-8-16)27-15-18-14-24-11-3-2-6-20(24)23-18/h2-3,6-11,14,17,22H,4-5,12-13,15H2,1H3. The quantitative estimate of drug-likeness (QED) is 0.689. The first-order chi connectivity index (χ1) is 13.2. The SMILES string of the molecule is CNC1CCCN(C(=O)c2ccc(SCc3cn4ccccc4n3)cc2)C1. The number of hydrogen-bond donors (Lipinski definition) is 1. The Morgan fingerprint density at radius 1 is 1.26 bits per heavy atom. The number of carbonyl (C=O) groups excluding carboxylic acids is 1. The molecule has 5 nitrogen and oxygen atoms in total. The number of fused-ring (bicyclic) bond motifs is 1. The maximum Gasteiger partial charge on any atom is 0.253 e. The van der Waals surface area contributed by atoms with Crippen molar-refractivity contribution in [1.82, 2.24) is 19.6 Å². The molecule has 1 aliphatic rings. The fourth-order valence-electron chi connectivity index (χ4n) is 3.49. The van der Waals surface area contributed by atoms with Crippen LogP contribution in [-0.2, 0) is 5.75 Å². The zero-order chi connectivity index (χ0) is 18.6. The highest BCUT2D eigenvalue weighted by Crippen LogP contribution is 2.24. The van der Waals surface area contributed by atoms with Crippen LogP contribution < -0.4 is 5.32 Å². The Hall–Kier alpha value is -2.31. The first-order valence-corrected chi connectivity index (χ1v) is 10.3. The zero-order valence-electron chi connectivity index (χ0n) is 15.5. The van der Waals surface area contributed by atoms with Crippen molar-refractivity contribution >= 4 is 23.3 Å². The molecule has 0 radical (unpaired) electrons. The topological polar surface area (TPSA) is 49.6 Å². The summed E-state index contributed by atoms with van der Waals surface area (Å²) in [4.78, 5) is 20.5. The van der Waals surface area contributed by atoms with Gasteiger partial charge in [0, 0.05) is 47.7 Å². The molecule has 0 saturated carbocycles. The van der Waals surface area contributed by atoms with E-state index in [1.54, 1.807) is 11.8 Å².